The van der Waals surface area contributed by atoms with Gasteiger partial charge in [-0.3, -0.25) is 9.78 Å². The fourth-order valence-electron chi connectivity index (χ4n) is 4.31. The maximum absolute atomic E-state index is 11.5. The lowest BCUT2D eigenvalue weighted by atomic mass is 9.85. The summed E-state index contributed by atoms with van der Waals surface area (Å²) in [6, 6.07) is 4.23. The Morgan fingerprint density at radius 1 is 1.24 bits per heavy atom. The van der Waals surface area contributed by atoms with Gasteiger partial charge in [0.05, 0.1) is 23.5 Å². The topological polar surface area (TPSA) is 91.3 Å². The van der Waals surface area contributed by atoms with Gasteiger partial charge in [0.15, 0.2) is 5.69 Å². The first kappa shape index (κ1) is 19.3. The van der Waals surface area contributed by atoms with Crippen molar-refractivity contribution >= 4 is 39.8 Å². The van der Waals surface area contributed by atoms with Crippen LogP contribution in [0, 0.1) is 19.4 Å². The number of aryl methyl sites for hydroxylation is 1. The van der Waals surface area contributed by atoms with Gasteiger partial charge >= 0.3 is 0 Å². The van der Waals surface area contributed by atoms with E-state index in [0.717, 1.165) is 53.3 Å². The number of nitrogens with two attached hydrogens (primary N) is 2. The van der Waals surface area contributed by atoms with Gasteiger partial charge in [-0.25, -0.2) is 4.85 Å². The molecule has 2 heterocycles. The molecule has 0 aliphatic heterocycles. The molecule has 3 aromatic rings. The summed E-state index contributed by atoms with van der Waals surface area (Å²) in [5.41, 5.74) is 16.2. The number of carbonyl (C=O) groups is 1. The van der Waals surface area contributed by atoms with Crippen molar-refractivity contribution in [2.75, 3.05) is 5.73 Å². The predicted molar refractivity (Wildman–Crippen MR) is 116 cm³/mol. The number of rotatable bonds is 3. The quantitative estimate of drug-likeness (QED) is 0.597. The summed E-state index contributed by atoms with van der Waals surface area (Å²) in [7, 11) is 0. The summed E-state index contributed by atoms with van der Waals surface area (Å²) < 4.78 is 2.25. The van der Waals surface area contributed by atoms with Gasteiger partial charge in [0, 0.05) is 41.0 Å². The standard InChI is InChI=1S/C22H22ClN5O/c1-12-7-20-15(8-19(12)26-2)17(16-9-27-10-18(24)21(16)23)11-28(20)14-5-3-13(4-6-14)22(25)29/h7-11,13-14H,3-6,24H2,1H3,(H2,25,29). The summed E-state index contributed by atoms with van der Waals surface area (Å²) in [4.78, 5) is 19.4. The fraction of sp³-hybridized carbons (Fsp3) is 0.318. The third-order valence-corrected chi connectivity index (χ3v) is 6.38. The molecule has 0 spiro atoms. The molecule has 29 heavy (non-hydrogen) atoms. The third-order valence-electron chi connectivity index (χ3n) is 5.96. The second-order valence-corrected chi connectivity index (χ2v) is 8.09. The molecule has 1 saturated carbocycles. The number of carbonyl (C=O) groups excluding carboxylic acids is 1. The minimum atomic E-state index is -0.211. The number of halogens is 1. The van der Waals surface area contributed by atoms with Crippen molar-refractivity contribution in [3.8, 4) is 11.1 Å². The first-order chi connectivity index (χ1) is 13.9. The molecule has 0 atom stereocenters. The monoisotopic (exact) mass is 407 g/mol. The molecule has 0 radical (unpaired) electrons. The van der Waals surface area contributed by atoms with Gasteiger partial charge in [0.2, 0.25) is 5.91 Å². The Morgan fingerprint density at radius 2 is 1.97 bits per heavy atom. The highest BCUT2D eigenvalue weighted by Crippen LogP contribution is 2.42. The third kappa shape index (κ3) is 3.32. The van der Waals surface area contributed by atoms with E-state index in [-0.39, 0.29) is 17.9 Å². The van der Waals surface area contributed by atoms with Crippen LogP contribution in [0.1, 0.15) is 37.3 Å². The smallest absolute Gasteiger partial charge is 0.220 e. The van der Waals surface area contributed by atoms with Gasteiger partial charge < -0.3 is 16.0 Å². The van der Waals surface area contributed by atoms with E-state index in [9.17, 15) is 4.79 Å². The fourth-order valence-corrected chi connectivity index (χ4v) is 4.51. The zero-order valence-electron chi connectivity index (χ0n) is 16.2. The maximum Gasteiger partial charge on any atom is 0.220 e. The van der Waals surface area contributed by atoms with Crippen LogP contribution in [0.2, 0.25) is 5.02 Å². The minimum absolute atomic E-state index is 0.0458. The van der Waals surface area contributed by atoms with Crippen molar-refractivity contribution in [1.82, 2.24) is 9.55 Å². The highest BCUT2D eigenvalue weighted by Gasteiger charge is 2.27. The second-order valence-electron chi connectivity index (χ2n) is 7.72. The number of hydrogen-bond donors (Lipinski definition) is 2. The summed E-state index contributed by atoms with van der Waals surface area (Å²) >= 11 is 6.50. The van der Waals surface area contributed by atoms with Gasteiger partial charge in [0.1, 0.15) is 0 Å². The number of pyridine rings is 1. The molecule has 4 N–H and O–H groups in total. The van der Waals surface area contributed by atoms with Crippen LogP contribution in [0.15, 0.2) is 30.7 Å². The van der Waals surface area contributed by atoms with Gasteiger partial charge in [-0.1, -0.05) is 11.6 Å². The highest BCUT2D eigenvalue weighted by molar-refractivity contribution is 6.36. The molecule has 2 aromatic heterocycles. The average Bonchev–Trinajstić information content (AvgIpc) is 3.07. The number of hydrogen-bond acceptors (Lipinski definition) is 3. The second kappa shape index (κ2) is 7.41. The molecule has 1 amide bonds. The van der Waals surface area contributed by atoms with Crippen LogP contribution in [0.3, 0.4) is 0 Å². The molecule has 7 heteroatoms. The summed E-state index contributed by atoms with van der Waals surface area (Å²) in [6.07, 6.45) is 8.65. The lowest BCUT2D eigenvalue weighted by Gasteiger charge is -2.28. The van der Waals surface area contributed by atoms with Crippen LogP contribution in [0.25, 0.3) is 26.9 Å². The van der Waals surface area contributed by atoms with Gasteiger partial charge in [-0.05, 0) is 55.7 Å². The van der Waals surface area contributed by atoms with Crippen molar-refractivity contribution in [1.29, 1.82) is 0 Å². The zero-order valence-corrected chi connectivity index (χ0v) is 16.9. The maximum atomic E-state index is 11.5. The van der Waals surface area contributed by atoms with Gasteiger partial charge in [-0.15, -0.1) is 0 Å². The molecular formula is C22H22ClN5O. The number of fused-ring (bicyclic) bond motifs is 1. The molecule has 1 aliphatic rings. The Balaban J connectivity index is 1.88. The lowest BCUT2D eigenvalue weighted by molar-refractivity contribution is -0.122. The van der Waals surface area contributed by atoms with Crippen LogP contribution in [0.5, 0.6) is 0 Å². The summed E-state index contributed by atoms with van der Waals surface area (Å²) in [5, 5.41) is 1.41. The number of benzene rings is 1. The van der Waals surface area contributed by atoms with Crippen molar-refractivity contribution < 1.29 is 4.79 Å². The molecule has 6 nitrogen and oxygen atoms in total. The molecule has 1 aliphatic carbocycles. The first-order valence-corrected chi connectivity index (χ1v) is 9.99. The molecular weight excluding hydrogens is 386 g/mol. The van der Waals surface area contributed by atoms with Crippen LogP contribution in [-0.2, 0) is 4.79 Å². The highest BCUT2D eigenvalue weighted by atomic mass is 35.5. The molecule has 4 rings (SSSR count). The summed E-state index contributed by atoms with van der Waals surface area (Å²) in [5.74, 6) is -0.257. The Kier molecular flexibility index (Phi) is 4.93. The van der Waals surface area contributed by atoms with E-state index >= 15 is 0 Å². The Hall–Kier alpha value is -3.04. The van der Waals surface area contributed by atoms with Crippen LogP contribution >= 0.6 is 11.6 Å². The van der Waals surface area contributed by atoms with Crippen molar-refractivity contribution in [2.24, 2.45) is 11.7 Å². The Bertz CT molecular complexity index is 1150. The van der Waals surface area contributed by atoms with Gasteiger partial charge in [0.25, 0.3) is 0 Å². The van der Waals surface area contributed by atoms with Crippen LogP contribution in [-0.4, -0.2) is 15.5 Å². The number of nitrogens with zero attached hydrogens (tertiary/aromatic N) is 3. The van der Waals surface area contributed by atoms with Gasteiger partial charge in [-0.2, -0.15) is 0 Å². The molecule has 148 valence electrons. The number of nitrogen functional groups attached to an aromatic ring is 1. The largest absolute Gasteiger partial charge is 0.396 e. The summed E-state index contributed by atoms with van der Waals surface area (Å²) in [6.45, 7) is 9.44. The number of primary amides is 1. The Morgan fingerprint density at radius 3 is 2.62 bits per heavy atom. The molecule has 1 aromatic carbocycles. The predicted octanol–water partition coefficient (Wildman–Crippen LogP) is 5.01. The number of amides is 1. The van der Waals surface area contributed by atoms with Crippen LogP contribution in [0.4, 0.5) is 11.4 Å². The zero-order chi connectivity index (χ0) is 20.7. The van der Waals surface area contributed by atoms with Crippen molar-refractivity contribution in [3.63, 3.8) is 0 Å². The van der Waals surface area contributed by atoms with E-state index < -0.39 is 0 Å². The molecule has 0 bridgehead atoms. The lowest BCUT2D eigenvalue weighted by Crippen LogP contribution is -2.28. The van der Waals surface area contributed by atoms with Crippen molar-refractivity contribution in [3.05, 3.63) is 52.7 Å². The number of aromatic nitrogens is 2. The van der Waals surface area contributed by atoms with E-state index in [1.54, 1.807) is 6.20 Å². The molecule has 0 saturated heterocycles. The molecule has 0 unspecified atom stereocenters. The minimum Gasteiger partial charge on any atom is -0.396 e. The van der Waals surface area contributed by atoms with E-state index in [2.05, 4.69) is 26.7 Å². The van der Waals surface area contributed by atoms with Crippen LogP contribution < -0.4 is 11.5 Å². The number of anilines is 1. The van der Waals surface area contributed by atoms with E-state index in [4.69, 9.17) is 29.6 Å². The van der Waals surface area contributed by atoms with E-state index in [1.807, 2.05) is 13.0 Å². The Labute approximate surface area is 174 Å². The van der Waals surface area contributed by atoms with E-state index in [0.29, 0.717) is 16.4 Å². The van der Waals surface area contributed by atoms with E-state index in [1.165, 1.54) is 6.20 Å². The average molecular weight is 408 g/mol. The normalized spacial score (nSPS) is 19.2. The molecule has 1 fully saturated rings. The van der Waals surface area contributed by atoms with Crippen molar-refractivity contribution in [2.45, 2.75) is 38.6 Å². The SMILES string of the molecule is [C-]#[N+]c1cc2c(-c3cncc(N)c3Cl)cn(C3CCC(C(N)=O)CC3)c2cc1C. The first-order valence-electron chi connectivity index (χ1n) is 9.62.